The third-order valence-corrected chi connectivity index (χ3v) is 4.57. The lowest BCUT2D eigenvalue weighted by Crippen LogP contribution is -2.43. The molecule has 4 rings (SSSR count). The summed E-state index contributed by atoms with van der Waals surface area (Å²) in [5.41, 5.74) is 2.23. The van der Waals surface area contributed by atoms with Gasteiger partial charge in [0.15, 0.2) is 11.5 Å². The van der Waals surface area contributed by atoms with E-state index < -0.39 is 0 Å². The van der Waals surface area contributed by atoms with Gasteiger partial charge in [-0.15, -0.1) is 0 Å². The van der Waals surface area contributed by atoms with Crippen LogP contribution in [0, 0.1) is 0 Å². The lowest BCUT2D eigenvalue weighted by molar-refractivity contribution is 0.0949. The van der Waals surface area contributed by atoms with Gasteiger partial charge in [0.1, 0.15) is 0 Å². The molecule has 0 atom stereocenters. The molecule has 2 aliphatic heterocycles. The lowest BCUT2D eigenvalue weighted by atomic mass is 10.2. The van der Waals surface area contributed by atoms with Gasteiger partial charge < -0.3 is 24.6 Å². The molecule has 0 radical (unpaired) electrons. The van der Waals surface area contributed by atoms with Crippen molar-refractivity contribution in [2.45, 2.75) is 19.6 Å². The number of aromatic nitrogens is 2. The summed E-state index contributed by atoms with van der Waals surface area (Å²) in [6, 6.07) is 7.00. The fraction of sp³-hybridized carbons (Fsp3) is 0.389. The molecule has 0 spiro atoms. The molecule has 142 valence electrons. The van der Waals surface area contributed by atoms with Crippen molar-refractivity contribution in [3.8, 4) is 11.5 Å². The number of hydrogen-bond donors (Lipinski definition) is 1. The standard InChI is InChI=1S/C18H21N5O4/c1-21(2)18(25)22-5-6-23-14(10-22)8-13(20-23)9-19-17(24)12-3-4-15-16(7-12)27-11-26-15/h3-4,7-8H,5-6,9-11H2,1-2H3,(H,19,24). The highest BCUT2D eigenvalue weighted by Gasteiger charge is 2.23. The van der Waals surface area contributed by atoms with E-state index in [2.05, 4.69) is 10.4 Å². The minimum Gasteiger partial charge on any atom is -0.454 e. The Kier molecular flexibility index (Phi) is 4.35. The highest BCUT2D eigenvalue weighted by atomic mass is 16.7. The largest absolute Gasteiger partial charge is 0.454 e. The zero-order valence-electron chi connectivity index (χ0n) is 15.3. The van der Waals surface area contributed by atoms with Crippen LogP contribution in [0.15, 0.2) is 24.3 Å². The number of urea groups is 1. The van der Waals surface area contributed by atoms with Crippen molar-refractivity contribution in [2.24, 2.45) is 0 Å². The van der Waals surface area contributed by atoms with Crippen molar-refractivity contribution in [2.75, 3.05) is 27.4 Å². The number of fused-ring (bicyclic) bond motifs is 2. The number of benzene rings is 1. The third-order valence-electron chi connectivity index (χ3n) is 4.57. The van der Waals surface area contributed by atoms with Gasteiger partial charge in [-0.3, -0.25) is 9.48 Å². The Morgan fingerprint density at radius 3 is 2.81 bits per heavy atom. The van der Waals surface area contributed by atoms with E-state index in [1.807, 2.05) is 10.7 Å². The molecular weight excluding hydrogens is 350 g/mol. The first kappa shape index (κ1) is 17.2. The smallest absolute Gasteiger partial charge is 0.319 e. The normalized spacial score (nSPS) is 14.7. The van der Waals surface area contributed by atoms with Crippen molar-refractivity contribution in [1.29, 1.82) is 0 Å². The molecule has 3 amide bonds. The third kappa shape index (κ3) is 3.40. The predicted molar refractivity (Wildman–Crippen MR) is 95.5 cm³/mol. The Labute approximate surface area is 156 Å². The van der Waals surface area contributed by atoms with Crippen molar-refractivity contribution in [1.82, 2.24) is 24.9 Å². The molecule has 2 aromatic rings. The van der Waals surface area contributed by atoms with E-state index in [9.17, 15) is 9.59 Å². The highest BCUT2D eigenvalue weighted by molar-refractivity contribution is 5.94. The molecule has 1 aromatic carbocycles. The molecule has 0 saturated carbocycles. The summed E-state index contributed by atoms with van der Waals surface area (Å²) in [6.07, 6.45) is 0. The molecule has 9 heteroatoms. The Morgan fingerprint density at radius 1 is 1.19 bits per heavy atom. The first-order valence-corrected chi connectivity index (χ1v) is 8.71. The predicted octanol–water partition coefficient (Wildman–Crippen LogP) is 1.04. The van der Waals surface area contributed by atoms with E-state index in [0.717, 1.165) is 11.4 Å². The molecule has 1 aromatic heterocycles. The summed E-state index contributed by atoms with van der Waals surface area (Å²) in [6.45, 7) is 2.27. The zero-order valence-corrected chi connectivity index (χ0v) is 15.3. The van der Waals surface area contributed by atoms with Crippen LogP contribution in [0.25, 0.3) is 0 Å². The number of amides is 3. The molecular formula is C18H21N5O4. The highest BCUT2D eigenvalue weighted by Crippen LogP contribution is 2.32. The van der Waals surface area contributed by atoms with Gasteiger partial charge in [-0.25, -0.2) is 4.79 Å². The second kappa shape index (κ2) is 6.82. The van der Waals surface area contributed by atoms with Crippen LogP contribution >= 0.6 is 0 Å². The Balaban J connectivity index is 1.38. The van der Waals surface area contributed by atoms with Crippen molar-refractivity contribution in [3.63, 3.8) is 0 Å². The molecule has 0 aliphatic carbocycles. The number of carbonyl (C=O) groups excluding carboxylic acids is 2. The number of ether oxygens (including phenoxy) is 2. The van der Waals surface area contributed by atoms with Crippen LogP contribution < -0.4 is 14.8 Å². The molecule has 0 saturated heterocycles. The van der Waals surface area contributed by atoms with Gasteiger partial charge in [0.05, 0.1) is 31.0 Å². The minimum atomic E-state index is -0.205. The second-order valence-corrected chi connectivity index (χ2v) is 6.70. The molecule has 0 bridgehead atoms. The van der Waals surface area contributed by atoms with Gasteiger partial charge in [-0.05, 0) is 24.3 Å². The van der Waals surface area contributed by atoms with Gasteiger partial charge in [0, 0.05) is 26.2 Å². The molecule has 0 unspecified atom stereocenters. The molecule has 3 heterocycles. The number of carbonyl (C=O) groups is 2. The Hall–Kier alpha value is -3.23. The average molecular weight is 371 g/mol. The van der Waals surface area contributed by atoms with Crippen molar-refractivity contribution >= 4 is 11.9 Å². The monoisotopic (exact) mass is 371 g/mol. The minimum absolute atomic E-state index is 0.0138. The van der Waals surface area contributed by atoms with E-state index in [4.69, 9.17) is 9.47 Å². The van der Waals surface area contributed by atoms with Gasteiger partial charge in [0.25, 0.3) is 5.91 Å². The molecule has 9 nitrogen and oxygen atoms in total. The van der Waals surface area contributed by atoms with E-state index in [-0.39, 0.29) is 18.7 Å². The molecule has 2 aliphatic rings. The maximum Gasteiger partial charge on any atom is 0.319 e. The Bertz CT molecular complexity index is 892. The van der Waals surface area contributed by atoms with Crippen LogP contribution in [0.1, 0.15) is 21.7 Å². The summed E-state index contributed by atoms with van der Waals surface area (Å²) < 4.78 is 12.4. The number of nitrogens with one attached hydrogen (secondary N) is 1. The topological polar surface area (TPSA) is 88.9 Å². The number of nitrogens with zero attached hydrogens (tertiary/aromatic N) is 4. The Morgan fingerprint density at radius 2 is 2.00 bits per heavy atom. The van der Waals surface area contributed by atoms with E-state index in [0.29, 0.717) is 43.2 Å². The zero-order chi connectivity index (χ0) is 19.0. The quantitative estimate of drug-likeness (QED) is 0.871. The fourth-order valence-corrected chi connectivity index (χ4v) is 3.17. The maximum absolute atomic E-state index is 12.4. The van der Waals surface area contributed by atoms with E-state index in [1.54, 1.807) is 42.1 Å². The summed E-state index contributed by atoms with van der Waals surface area (Å²) in [5.74, 6) is 1.01. The van der Waals surface area contributed by atoms with Crippen LogP contribution in [-0.2, 0) is 19.6 Å². The van der Waals surface area contributed by atoms with Gasteiger partial charge in [0.2, 0.25) is 6.79 Å². The van der Waals surface area contributed by atoms with Crippen LogP contribution in [0.4, 0.5) is 4.79 Å². The van der Waals surface area contributed by atoms with Gasteiger partial charge in [-0.2, -0.15) is 5.10 Å². The summed E-state index contributed by atoms with van der Waals surface area (Å²) in [7, 11) is 3.48. The van der Waals surface area contributed by atoms with Crippen LogP contribution in [0.3, 0.4) is 0 Å². The number of hydrogen-bond acceptors (Lipinski definition) is 5. The maximum atomic E-state index is 12.4. The molecule has 27 heavy (non-hydrogen) atoms. The molecule has 0 fully saturated rings. The van der Waals surface area contributed by atoms with Gasteiger partial charge in [-0.1, -0.05) is 0 Å². The first-order chi connectivity index (χ1) is 13.0. The molecule has 1 N–H and O–H groups in total. The van der Waals surface area contributed by atoms with Crippen molar-refractivity contribution < 1.29 is 19.1 Å². The SMILES string of the molecule is CN(C)C(=O)N1CCn2nc(CNC(=O)c3ccc4c(c3)OCO4)cc2C1. The number of rotatable bonds is 3. The second-order valence-electron chi connectivity index (χ2n) is 6.70. The van der Waals surface area contributed by atoms with Crippen LogP contribution in [0.2, 0.25) is 0 Å². The summed E-state index contributed by atoms with van der Waals surface area (Å²) in [4.78, 5) is 27.8. The summed E-state index contributed by atoms with van der Waals surface area (Å²) >= 11 is 0. The first-order valence-electron chi connectivity index (χ1n) is 8.71. The fourth-order valence-electron chi connectivity index (χ4n) is 3.17. The average Bonchev–Trinajstić information content (AvgIpc) is 3.30. The van der Waals surface area contributed by atoms with E-state index in [1.165, 1.54) is 0 Å². The van der Waals surface area contributed by atoms with Gasteiger partial charge >= 0.3 is 6.03 Å². The van der Waals surface area contributed by atoms with Crippen LogP contribution in [0.5, 0.6) is 11.5 Å². The van der Waals surface area contributed by atoms with Crippen LogP contribution in [-0.4, -0.2) is 59.0 Å². The lowest BCUT2D eigenvalue weighted by Gasteiger charge is -2.29. The van der Waals surface area contributed by atoms with E-state index >= 15 is 0 Å². The summed E-state index contributed by atoms with van der Waals surface area (Å²) in [5, 5.41) is 7.39. The van der Waals surface area contributed by atoms with Crippen molar-refractivity contribution in [3.05, 3.63) is 41.2 Å².